The lowest BCUT2D eigenvalue weighted by atomic mass is 10.0. The number of oxime groups is 1. The van der Waals surface area contributed by atoms with Crippen LogP contribution in [0.1, 0.15) is 17.5 Å². The smallest absolute Gasteiger partial charge is 0.418 e. The highest BCUT2D eigenvalue weighted by Crippen LogP contribution is 2.34. The molecule has 0 aliphatic carbocycles. The first-order valence-corrected chi connectivity index (χ1v) is 7.72. The molecule has 2 aromatic rings. The highest BCUT2D eigenvalue weighted by atomic mass is 19.4. The first-order chi connectivity index (χ1) is 12.4. The Hall–Kier alpha value is -3.03. The minimum Gasteiger partial charge on any atom is -0.497 e. The number of alkyl halides is 3. The topological polar surface area (TPSA) is 59.9 Å². The van der Waals surface area contributed by atoms with E-state index in [1.807, 2.05) is 0 Å². The summed E-state index contributed by atoms with van der Waals surface area (Å²) in [6, 6.07) is 11.8. The molecular formula is C18H15F3N2O3. The van der Waals surface area contributed by atoms with Crippen LogP contribution in [-0.2, 0) is 15.8 Å². The summed E-state index contributed by atoms with van der Waals surface area (Å²) < 4.78 is 44.1. The van der Waals surface area contributed by atoms with Gasteiger partial charge in [-0.3, -0.25) is 4.79 Å². The van der Waals surface area contributed by atoms with E-state index in [9.17, 15) is 18.0 Å². The van der Waals surface area contributed by atoms with E-state index in [4.69, 9.17) is 9.57 Å². The highest BCUT2D eigenvalue weighted by Gasteiger charge is 2.35. The Morgan fingerprint density at radius 1 is 1.19 bits per heavy atom. The Bertz CT molecular complexity index is 832. The number of carbonyl (C=O) groups is 1. The van der Waals surface area contributed by atoms with Crippen molar-refractivity contribution in [3.8, 4) is 5.75 Å². The first-order valence-electron chi connectivity index (χ1n) is 7.72. The van der Waals surface area contributed by atoms with Crippen molar-refractivity contribution < 1.29 is 27.5 Å². The Morgan fingerprint density at radius 2 is 1.88 bits per heavy atom. The monoisotopic (exact) mass is 364 g/mol. The molecule has 0 fully saturated rings. The number of halogens is 3. The molecule has 8 heteroatoms. The second-order valence-corrected chi connectivity index (χ2v) is 5.60. The lowest BCUT2D eigenvalue weighted by Gasteiger charge is -2.15. The Balaban J connectivity index is 1.68. The molecule has 1 aliphatic rings. The van der Waals surface area contributed by atoms with E-state index < -0.39 is 23.8 Å². The maximum absolute atomic E-state index is 13.0. The molecule has 1 N–H and O–H groups in total. The summed E-state index contributed by atoms with van der Waals surface area (Å²) in [5.41, 5.74) is 0.0582. The standard InChI is InChI=1S/C18H15F3N2O3/c1-25-12-8-6-11(7-9-12)15-10-16(26-23-15)17(24)22-14-5-3-2-4-13(14)18(19,20)21/h2-9,16H,10H2,1H3,(H,22,24)/t16-/m0/s1. The summed E-state index contributed by atoms with van der Waals surface area (Å²) in [6.45, 7) is 0. The van der Waals surface area contributed by atoms with Crippen LogP contribution < -0.4 is 10.1 Å². The van der Waals surface area contributed by atoms with Gasteiger partial charge < -0.3 is 14.9 Å². The van der Waals surface area contributed by atoms with Gasteiger partial charge in [0.25, 0.3) is 5.91 Å². The molecule has 5 nitrogen and oxygen atoms in total. The molecular weight excluding hydrogens is 349 g/mol. The van der Waals surface area contributed by atoms with Gasteiger partial charge in [0.1, 0.15) is 5.75 Å². The Morgan fingerprint density at radius 3 is 2.54 bits per heavy atom. The molecule has 26 heavy (non-hydrogen) atoms. The van der Waals surface area contributed by atoms with Gasteiger partial charge in [-0.15, -0.1) is 0 Å². The zero-order valence-electron chi connectivity index (χ0n) is 13.7. The van der Waals surface area contributed by atoms with Crippen LogP contribution in [0.2, 0.25) is 0 Å². The van der Waals surface area contributed by atoms with Crippen molar-refractivity contribution in [2.45, 2.75) is 18.7 Å². The fraction of sp³-hybridized carbons (Fsp3) is 0.222. The number of methoxy groups -OCH3 is 1. The Kier molecular flexibility index (Phi) is 4.83. The van der Waals surface area contributed by atoms with Crippen molar-refractivity contribution in [3.63, 3.8) is 0 Å². The molecule has 2 aromatic carbocycles. The van der Waals surface area contributed by atoms with E-state index in [-0.39, 0.29) is 12.1 Å². The molecule has 0 unspecified atom stereocenters. The van der Waals surface area contributed by atoms with Gasteiger partial charge in [-0.1, -0.05) is 17.3 Å². The van der Waals surface area contributed by atoms with E-state index >= 15 is 0 Å². The third kappa shape index (κ3) is 3.79. The van der Waals surface area contributed by atoms with Crippen molar-refractivity contribution in [2.75, 3.05) is 12.4 Å². The van der Waals surface area contributed by atoms with Gasteiger partial charge >= 0.3 is 6.18 Å². The van der Waals surface area contributed by atoms with Crippen molar-refractivity contribution >= 4 is 17.3 Å². The average Bonchev–Trinajstić information content (AvgIpc) is 3.11. The number of anilines is 1. The van der Waals surface area contributed by atoms with Crippen LogP contribution >= 0.6 is 0 Å². The molecule has 1 atom stereocenters. The van der Waals surface area contributed by atoms with Gasteiger partial charge in [-0.05, 0) is 42.0 Å². The first kappa shape index (κ1) is 17.8. The number of benzene rings is 2. The lowest BCUT2D eigenvalue weighted by molar-refractivity contribution is -0.137. The van der Waals surface area contributed by atoms with Crippen LogP contribution in [0.5, 0.6) is 5.75 Å². The Labute approximate surface area is 147 Å². The molecule has 0 saturated carbocycles. The molecule has 1 amide bonds. The average molecular weight is 364 g/mol. The quantitative estimate of drug-likeness (QED) is 0.897. The molecule has 0 aromatic heterocycles. The molecule has 0 radical (unpaired) electrons. The van der Waals surface area contributed by atoms with E-state index in [1.54, 1.807) is 31.4 Å². The van der Waals surface area contributed by atoms with E-state index in [0.29, 0.717) is 11.5 Å². The van der Waals surface area contributed by atoms with E-state index in [2.05, 4.69) is 10.5 Å². The molecule has 1 heterocycles. The molecule has 1 aliphatic heterocycles. The van der Waals surface area contributed by atoms with E-state index in [1.165, 1.54) is 18.2 Å². The van der Waals surface area contributed by atoms with Crippen LogP contribution in [-0.4, -0.2) is 24.8 Å². The number of carbonyl (C=O) groups excluding carboxylic acids is 1. The van der Waals surface area contributed by atoms with Crippen molar-refractivity contribution in [2.24, 2.45) is 5.16 Å². The fourth-order valence-corrected chi connectivity index (χ4v) is 2.52. The fourth-order valence-electron chi connectivity index (χ4n) is 2.52. The number of nitrogens with zero attached hydrogens (tertiary/aromatic N) is 1. The van der Waals surface area contributed by atoms with Crippen molar-refractivity contribution in [1.29, 1.82) is 0 Å². The third-order valence-corrected chi connectivity index (χ3v) is 3.87. The van der Waals surface area contributed by atoms with Crippen LogP contribution in [0.4, 0.5) is 18.9 Å². The minimum absolute atomic E-state index is 0.159. The van der Waals surface area contributed by atoms with Gasteiger partial charge in [0.15, 0.2) is 0 Å². The van der Waals surface area contributed by atoms with Crippen molar-refractivity contribution in [1.82, 2.24) is 0 Å². The summed E-state index contributed by atoms with van der Waals surface area (Å²) in [6.07, 6.45) is -5.40. The predicted octanol–water partition coefficient (Wildman–Crippen LogP) is 3.85. The summed E-state index contributed by atoms with van der Waals surface area (Å²) in [4.78, 5) is 17.4. The maximum Gasteiger partial charge on any atom is 0.418 e. The second-order valence-electron chi connectivity index (χ2n) is 5.60. The van der Waals surface area contributed by atoms with Crippen LogP contribution in [0.25, 0.3) is 0 Å². The van der Waals surface area contributed by atoms with Gasteiger partial charge in [0, 0.05) is 6.42 Å². The van der Waals surface area contributed by atoms with Crippen LogP contribution in [0.3, 0.4) is 0 Å². The molecule has 0 spiro atoms. The van der Waals surface area contributed by atoms with Crippen LogP contribution in [0, 0.1) is 0 Å². The number of ether oxygens (including phenoxy) is 1. The third-order valence-electron chi connectivity index (χ3n) is 3.87. The van der Waals surface area contributed by atoms with Gasteiger partial charge in [0.2, 0.25) is 6.10 Å². The second kappa shape index (κ2) is 7.07. The SMILES string of the molecule is COc1ccc(C2=NO[C@H](C(=O)Nc3ccccc3C(F)(F)F)C2)cc1. The number of nitrogens with one attached hydrogen (secondary N) is 1. The summed E-state index contributed by atoms with van der Waals surface area (Å²) in [7, 11) is 1.55. The highest BCUT2D eigenvalue weighted by molar-refractivity contribution is 6.06. The number of hydrogen-bond donors (Lipinski definition) is 1. The number of rotatable bonds is 4. The molecule has 3 rings (SSSR count). The number of hydrogen-bond acceptors (Lipinski definition) is 4. The largest absolute Gasteiger partial charge is 0.497 e. The maximum atomic E-state index is 13.0. The summed E-state index contributed by atoms with van der Waals surface area (Å²) >= 11 is 0. The zero-order chi connectivity index (χ0) is 18.7. The summed E-state index contributed by atoms with van der Waals surface area (Å²) in [5, 5.41) is 6.14. The molecule has 0 saturated heterocycles. The molecule has 0 bridgehead atoms. The molecule has 136 valence electrons. The normalized spacial score (nSPS) is 16.6. The summed E-state index contributed by atoms with van der Waals surface area (Å²) in [5.74, 6) is -0.0136. The zero-order valence-corrected chi connectivity index (χ0v) is 13.7. The van der Waals surface area contributed by atoms with Crippen molar-refractivity contribution in [3.05, 3.63) is 59.7 Å². The predicted molar refractivity (Wildman–Crippen MR) is 89.1 cm³/mol. The lowest BCUT2D eigenvalue weighted by Crippen LogP contribution is -2.29. The number of para-hydroxylation sites is 1. The van der Waals surface area contributed by atoms with Crippen LogP contribution in [0.15, 0.2) is 53.7 Å². The number of amides is 1. The van der Waals surface area contributed by atoms with Gasteiger partial charge in [-0.25, -0.2) is 0 Å². The van der Waals surface area contributed by atoms with Gasteiger partial charge in [-0.2, -0.15) is 13.2 Å². The van der Waals surface area contributed by atoms with E-state index in [0.717, 1.165) is 11.6 Å². The van der Waals surface area contributed by atoms with Gasteiger partial charge in [0.05, 0.1) is 24.1 Å². The minimum atomic E-state index is -4.56.